The van der Waals surface area contributed by atoms with E-state index in [1.807, 2.05) is 0 Å². The first-order chi connectivity index (χ1) is 5.07. The molecule has 1 saturated carbocycles. The molecule has 0 aromatic heterocycles. The molecule has 0 radical (unpaired) electrons. The Hall–Kier alpha value is -0.0800. The van der Waals surface area contributed by atoms with Crippen molar-refractivity contribution in [2.24, 2.45) is 17.6 Å². The molecule has 0 heterocycles. The molecule has 11 heavy (non-hydrogen) atoms. The van der Waals surface area contributed by atoms with Gasteiger partial charge in [0.15, 0.2) is 0 Å². The van der Waals surface area contributed by atoms with Gasteiger partial charge in [-0.25, -0.2) is 0 Å². The van der Waals surface area contributed by atoms with Crippen LogP contribution >= 0.6 is 0 Å². The third-order valence-corrected chi connectivity index (χ3v) is 3.11. The molecule has 1 rings (SSSR count). The fourth-order valence-electron chi connectivity index (χ4n) is 1.89. The zero-order valence-electron chi connectivity index (χ0n) is 7.51. The zero-order chi connectivity index (χ0) is 8.48. The summed E-state index contributed by atoms with van der Waals surface area (Å²) < 4.78 is 0. The van der Waals surface area contributed by atoms with E-state index >= 15 is 0 Å². The predicted molar refractivity (Wildman–Crippen MR) is 46.2 cm³/mol. The van der Waals surface area contributed by atoms with Crippen LogP contribution in [0.1, 0.15) is 33.1 Å². The first kappa shape index (κ1) is 9.01. The van der Waals surface area contributed by atoms with Crippen LogP contribution in [0.2, 0.25) is 0 Å². The van der Waals surface area contributed by atoms with E-state index in [-0.39, 0.29) is 12.1 Å². The molecule has 1 aliphatic rings. The summed E-state index contributed by atoms with van der Waals surface area (Å²) in [6.07, 6.45) is 3.12. The van der Waals surface area contributed by atoms with E-state index in [2.05, 4.69) is 13.8 Å². The van der Waals surface area contributed by atoms with Gasteiger partial charge in [0.25, 0.3) is 0 Å². The molecule has 0 spiro atoms. The number of nitrogens with two attached hydrogens (primary N) is 1. The van der Waals surface area contributed by atoms with Crippen molar-refractivity contribution >= 4 is 0 Å². The highest BCUT2D eigenvalue weighted by Crippen LogP contribution is 2.34. The zero-order valence-corrected chi connectivity index (χ0v) is 7.51. The van der Waals surface area contributed by atoms with Gasteiger partial charge in [0, 0.05) is 5.54 Å². The molecule has 3 unspecified atom stereocenters. The van der Waals surface area contributed by atoms with Crippen molar-refractivity contribution in [1.82, 2.24) is 0 Å². The van der Waals surface area contributed by atoms with Crippen LogP contribution in [0.15, 0.2) is 0 Å². The Morgan fingerprint density at radius 3 is 2.55 bits per heavy atom. The molecule has 0 amide bonds. The van der Waals surface area contributed by atoms with Crippen LogP contribution in [0.25, 0.3) is 0 Å². The smallest absolute Gasteiger partial charge is 0.0611 e. The number of aliphatic hydroxyl groups is 1. The molecule has 0 aliphatic heterocycles. The Balaban J connectivity index is 2.51. The SMILES string of the molecule is CC1CCC(N)(CO)CC1C. The molecule has 3 atom stereocenters. The third-order valence-electron chi connectivity index (χ3n) is 3.11. The number of aliphatic hydroxyl groups excluding tert-OH is 1. The molecule has 2 nitrogen and oxygen atoms in total. The van der Waals surface area contributed by atoms with Crippen LogP contribution in [0.4, 0.5) is 0 Å². The van der Waals surface area contributed by atoms with Gasteiger partial charge in [0.05, 0.1) is 6.61 Å². The normalized spacial score (nSPS) is 45.8. The van der Waals surface area contributed by atoms with Gasteiger partial charge >= 0.3 is 0 Å². The Kier molecular flexibility index (Phi) is 2.55. The van der Waals surface area contributed by atoms with Crippen LogP contribution in [0.5, 0.6) is 0 Å². The van der Waals surface area contributed by atoms with Gasteiger partial charge in [0.1, 0.15) is 0 Å². The van der Waals surface area contributed by atoms with Crippen molar-refractivity contribution in [3.8, 4) is 0 Å². The van der Waals surface area contributed by atoms with Crippen molar-refractivity contribution in [3.05, 3.63) is 0 Å². The number of hydrogen-bond acceptors (Lipinski definition) is 2. The standard InChI is InChI=1S/C9H19NO/c1-7-3-4-9(10,6-11)5-8(7)2/h7-8,11H,3-6,10H2,1-2H3. The van der Waals surface area contributed by atoms with E-state index in [0.717, 1.165) is 25.2 Å². The molecule has 0 aromatic carbocycles. The summed E-state index contributed by atoms with van der Waals surface area (Å²) >= 11 is 0. The predicted octanol–water partition coefficient (Wildman–Crippen LogP) is 1.13. The van der Waals surface area contributed by atoms with Gasteiger partial charge in [-0.1, -0.05) is 13.8 Å². The van der Waals surface area contributed by atoms with E-state index in [4.69, 9.17) is 10.8 Å². The van der Waals surface area contributed by atoms with E-state index in [1.165, 1.54) is 0 Å². The highest BCUT2D eigenvalue weighted by Gasteiger charge is 2.33. The molecule has 66 valence electrons. The maximum atomic E-state index is 9.03. The lowest BCUT2D eigenvalue weighted by Gasteiger charge is -2.38. The highest BCUT2D eigenvalue weighted by atomic mass is 16.3. The summed E-state index contributed by atoms with van der Waals surface area (Å²) in [5.74, 6) is 1.44. The van der Waals surface area contributed by atoms with Crippen LogP contribution in [0.3, 0.4) is 0 Å². The molecule has 1 aliphatic carbocycles. The Labute approximate surface area is 68.8 Å². The second-order valence-electron chi connectivity index (χ2n) is 4.22. The molecule has 0 saturated heterocycles. The summed E-state index contributed by atoms with van der Waals surface area (Å²) in [7, 11) is 0. The lowest BCUT2D eigenvalue weighted by molar-refractivity contribution is 0.107. The molecular formula is C9H19NO. The monoisotopic (exact) mass is 157 g/mol. The van der Waals surface area contributed by atoms with E-state index in [0.29, 0.717) is 5.92 Å². The maximum absolute atomic E-state index is 9.03. The van der Waals surface area contributed by atoms with Crippen molar-refractivity contribution < 1.29 is 5.11 Å². The third kappa shape index (κ3) is 1.94. The lowest BCUT2D eigenvalue weighted by Crippen LogP contribution is -2.48. The minimum atomic E-state index is -0.272. The van der Waals surface area contributed by atoms with Crippen LogP contribution in [-0.4, -0.2) is 17.3 Å². The van der Waals surface area contributed by atoms with Gasteiger partial charge in [-0.15, -0.1) is 0 Å². The summed E-state index contributed by atoms with van der Waals surface area (Å²) in [4.78, 5) is 0. The first-order valence-corrected chi connectivity index (χ1v) is 4.47. The van der Waals surface area contributed by atoms with Crippen LogP contribution in [0, 0.1) is 11.8 Å². The molecule has 3 N–H and O–H groups in total. The minimum absolute atomic E-state index is 0.143. The van der Waals surface area contributed by atoms with E-state index in [9.17, 15) is 0 Å². The van der Waals surface area contributed by atoms with Crippen molar-refractivity contribution in [2.75, 3.05) is 6.61 Å². The van der Waals surface area contributed by atoms with E-state index in [1.54, 1.807) is 0 Å². The fraction of sp³-hybridized carbons (Fsp3) is 1.00. The van der Waals surface area contributed by atoms with Gasteiger partial charge in [0.2, 0.25) is 0 Å². The van der Waals surface area contributed by atoms with Gasteiger partial charge in [-0.2, -0.15) is 0 Å². The van der Waals surface area contributed by atoms with Crippen LogP contribution < -0.4 is 5.73 Å². The second kappa shape index (κ2) is 3.11. The Bertz CT molecular complexity index is 138. The Morgan fingerprint density at radius 1 is 1.45 bits per heavy atom. The summed E-state index contributed by atoms with van der Waals surface area (Å²) in [6, 6.07) is 0. The molecule has 1 fully saturated rings. The average Bonchev–Trinajstić information content (AvgIpc) is 1.98. The van der Waals surface area contributed by atoms with Crippen molar-refractivity contribution in [2.45, 2.75) is 38.6 Å². The van der Waals surface area contributed by atoms with Gasteiger partial charge < -0.3 is 10.8 Å². The summed E-state index contributed by atoms with van der Waals surface area (Å²) in [5, 5.41) is 9.03. The van der Waals surface area contributed by atoms with Gasteiger partial charge in [-0.05, 0) is 31.1 Å². The average molecular weight is 157 g/mol. The quantitative estimate of drug-likeness (QED) is 0.599. The number of hydrogen-bond donors (Lipinski definition) is 2. The van der Waals surface area contributed by atoms with Crippen molar-refractivity contribution in [3.63, 3.8) is 0 Å². The fourth-order valence-corrected chi connectivity index (χ4v) is 1.89. The first-order valence-electron chi connectivity index (χ1n) is 4.47. The van der Waals surface area contributed by atoms with Crippen molar-refractivity contribution in [1.29, 1.82) is 0 Å². The lowest BCUT2D eigenvalue weighted by atomic mass is 9.72. The summed E-state index contributed by atoms with van der Waals surface area (Å²) in [5.41, 5.74) is 5.69. The topological polar surface area (TPSA) is 46.2 Å². The number of rotatable bonds is 1. The van der Waals surface area contributed by atoms with Crippen LogP contribution in [-0.2, 0) is 0 Å². The molecule has 0 bridgehead atoms. The Morgan fingerprint density at radius 2 is 2.09 bits per heavy atom. The molecular weight excluding hydrogens is 138 g/mol. The second-order valence-corrected chi connectivity index (χ2v) is 4.22. The highest BCUT2D eigenvalue weighted by molar-refractivity contribution is 4.90. The van der Waals surface area contributed by atoms with Gasteiger partial charge in [-0.3, -0.25) is 0 Å². The maximum Gasteiger partial charge on any atom is 0.0611 e. The minimum Gasteiger partial charge on any atom is -0.394 e. The largest absolute Gasteiger partial charge is 0.394 e. The summed E-state index contributed by atoms with van der Waals surface area (Å²) in [6.45, 7) is 4.63. The molecule has 2 heteroatoms. The van der Waals surface area contributed by atoms with E-state index < -0.39 is 0 Å². The molecule has 0 aromatic rings.